The molecule has 3 aromatic rings. The molecule has 1 aromatic heterocycles. The van der Waals surface area contributed by atoms with Gasteiger partial charge in [0.25, 0.3) is 5.91 Å². The molecule has 33 heavy (non-hydrogen) atoms. The monoisotopic (exact) mass is 447 g/mol. The minimum atomic E-state index is -0.147. The van der Waals surface area contributed by atoms with Crippen molar-refractivity contribution in [1.82, 2.24) is 14.8 Å². The quantitative estimate of drug-likeness (QED) is 0.572. The maximum absolute atomic E-state index is 13.1. The maximum Gasteiger partial charge on any atom is 0.276 e. The third-order valence-electron chi connectivity index (χ3n) is 5.94. The van der Waals surface area contributed by atoms with Crippen molar-refractivity contribution in [2.24, 2.45) is 0 Å². The standard InChI is InChI=1S/C26H29N3O4/c1-19-24(27-25(33-19)21-7-4-3-5-8-21)26(31)29-16-6-15-28(17-18-29)23(30)14-11-20-9-12-22(32-2)13-10-20/h3-5,7-10,12-13H,6,11,14-18H2,1-2H3. The summed E-state index contributed by atoms with van der Waals surface area (Å²) in [4.78, 5) is 34.0. The number of aryl methyl sites for hydroxylation is 2. The molecule has 0 spiro atoms. The molecule has 1 saturated heterocycles. The summed E-state index contributed by atoms with van der Waals surface area (Å²) in [7, 11) is 1.64. The van der Waals surface area contributed by atoms with E-state index in [2.05, 4.69) is 4.98 Å². The van der Waals surface area contributed by atoms with Crippen LogP contribution in [0.3, 0.4) is 0 Å². The Hall–Kier alpha value is -3.61. The molecular formula is C26H29N3O4. The van der Waals surface area contributed by atoms with Crippen LogP contribution in [0, 0.1) is 6.92 Å². The molecule has 7 heteroatoms. The molecule has 0 saturated carbocycles. The van der Waals surface area contributed by atoms with Gasteiger partial charge in [-0.05, 0) is 49.6 Å². The van der Waals surface area contributed by atoms with Gasteiger partial charge in [0.05, 0.1) is 7.11 Å². The van der Waals surface area contributed by atoms with Crippen LogP contribution >= 0.6 is 0 Å². The maximum atomic E-state index is 13.1. The minimum absolute atomic E-state index is 0.115. The number of hydrogen-bond acceptors (Lipinski definition) is 5. The average Bonchev–Trinajstić information content (AvgIpc) is 3.07. The van der Waals surface area contributed by atoms with E-state index in [1.54, 1.807) is 18.9 Å². The highest BCUT2D eigenvalue weighted by Crippen LogP contribution is 2.23. The fraction of sp³-hybridized carbons (Fsp3) is 0.346. The van der Waals surface area contributed by atoms with Gasteiger partial charge in [-0.2, -0.15) is 0 Å². The molecule has 2 aromatic carbocycles. The molecule has 0 radical (unpaired) electrons. The third-order valence-corrected chi connectivity index (χ3v) is 5.94. The normalized spacial score (nSPS) is 14.1. The average molecular weight is 448 g/mol. The highest BCUT2D eigenvalue weighted by molar-refractivity contribution is 5.93. The van der Waals surface area contributed by atoms with Crippen LogP contribution in [0.25, 0.3) is 11.5 Å². The van der Waals surface area contributed by atoms with Gasteiger partial charge in [0.15, 0.2) is 5.69 Å². The first-order chi connectivity index (χ1) is 16.0. The van der Waals surface area contributed by atoms with Gasteiger partial charge in [-0.1, -0.05) is 30.3 Å². The molecule has 4 rings (SSSR count). The van der Waals surface area contributed by atoms with E-state index in [0.29, 0.717) is 56.4 Å². The van der Waals surface area contributed by atoms with Gasteiger partial charge >= 0.3 is 0 Å². The van der Waals surface area contributed by atoms with E-state index in [9.17, 15) is 9.59 Å². The number of benzene rings is 2. The zero-order chi connectivity index (χ0) is 23.2. The van der Waals surface area contributed by atoms with Crippen molar-refractivity contribution in [2.75, 3.05) is 33.3 Å². The number of ether oxygens (including phenoxy) is 1. The Labute approximate surface area is 194 Å². The number of aromatic nitrogens is 1. The number of nitrogens with zero attached hydrogens (tertiary/aromatic N) is 3. The first kappa shape index (κ1) is 22.6. The summed E-state index contributed by atoms with van der Waals surface area (Å²) in [5, 5.41) is 0. The number of hydrogen-bond donors (Lipinski definition) is 0. The Morgan fingerprint density at radius 1 is 0.970 bits per heavy atom. The van der Waals surface area contributed by atoms with E-state index in [-0.39, 0.29) is 11.8 Å². The van der Waals surface area contributed by atoms with E-state index in [1.165, 1.54) is 0 Å². The third kappa shape index (κ3) is 5.42. The molecule has 0 bridgehead atoms. The van der Waals surface area contributed by atoms with Gasteiger partial charge in [0.2, 0.25) is 11.8 Å². The van der Waals surface area contributed by atoms with Crippen molar-refractivity contribution in [3.8, 4) is 17.2 Å². The van der Waals surface area contributed by atoms with Crippen LogP contribution in [0.4, 0.5) is 0 Å². The molecule has 1 fully saturated rings. The van der Waals surface area contributed by atoms with Crippen LogP contribution in [-0.2, 0) is 11.2 Å². The SMILES string of the molecule is COc1ccc(CCC(=O)N2CCCN(C(=O)c3nc(-c4ccccc4)oc3C)CC2)cc1. The summed E-state index contributed by atoms with van der Waals surface area (Å²) in [5.41, 5.74) is 2.28. The predicted octanol–water partition coefficient (Wildman–Crippen LogP) is 3.97. The van der Waals surface area contributed by atoms with Crippen molar-refractivity contribution < 1.29 is 18.7 Å². The van der Waals surface area contributed by atoms with Crippen molar-refractivity contribution in [3.05, 3.63) is 71.6 Å². The smallest absolute Gasteiger partial charge is 0.276 e. The Balaban J connectivity index is 1.34. The van der Waals surface area contributed by atoms with E-state index >= 15 is 0 Å². The molecule has 7 nitrogen and oxygen atoms in total. The Kier molecular flexibility index (Phi) is 7.07. The summed E-state index contributed by atoms with van der Waals surface area (Å²) in [6.45, 7) is 4.02. The lowest BCUT2D eigenvalue weighted by molar-refractivity contribution is -0.131. The van der Waals surface area contributed by atoms with Crippen molar-refractivity contribution in [3.63, 3.8) is 0 Å². The summed E-state index contributed by atoms with van der Waals surface area (Å²) in [5.74, 6) is 1.73. The van der Waals surface area contributed by atoms with Crippen LogP contribution < -0.4 is 4.74 Å². The molecule has 2 heterocycles. The van der Waals surface area contributed by atoms with Gasteiger partial charge in [0, 0.05) is 38.2 Å². The zero-order valence-electron chi connectivity index (χ0n) is 19.1. The highest BCUT2D eigenvalue weighted by Gasteiger charge is 2.26. The predicted molar refractivity (Wildman–Crippen MR) is 125 cm³/mol. The summed E-state index contributed by atoms with van der Waals surface area (Å²) < 4.78 is 10.9. The van der Waals surface area contributed by atoms with Crippen molar-refractivity contribution in [1.29, 1.82) is 0 Å². The zero-order valence-corrected chi connectivity index (χ0v) is 19.1. The molecule has 1 aliphatic heterocycles. The Morgan fingerprint density at radius 2 is 1.67 bits per heavy atom. The van der Waals surface area contributed by atoms with Crippen LogP contribution in [0.2, 0.25) is 0 Å². The molecule has 0 unspecified atom stereocenters. The molecular weight excluding hydrogens is 418 g/mol. The highest BCUT2D eigenvalue weighted by atomic mass is 16.5. The van der Waals surface area contributed by atoms with Crippen molar-refractivity contribution >= 4 is 11.8 Å². The van der Waals surface area contributed by atoms with Crippen LogP contribution in [-0.4, -0.2) is 59.9 Å². The van der Waals surface area contributed by atoms with E-state index in [0.717, 1.165) is 23.3 Å². The summed E-state index contributed by atoms with van der Waals surface area (Å²) in [6, 6.07) is 17.3. The number of oxazole rings is 1. The molecule has 2 amide bonds. The van der Waals surface area contributed by atoms with Crippen LogP contribution in [0.1, 0.15) is 34.7 Å². The lowest BCUT2D eigenvalue weighted by Crippen LogP contribution is -2.37. The topological polar surface area (TPSA) is 75.9 Å². The first-order valence-electron chi connectivity index (χ1n) is 11.3. The summed E-state index contributed by atoms with van der Waals surface area (Å²) >= 11 is 0. The minimum Gasteiger partial charge on any atom is -0.497 e. The molecule has 172 valence electrons. The number of methoxy groups -OCH3 is 1. The van der Waals surface area contributed by atoms with Gasteiger partial charge < -0.3 is 19.0 Å². The lowest BCUT2D eigenvalue weighted by Gasteiger charge is -2.22. The second-order valence-corrected chi connectivity index (χ2v) is 8.16. The lowest BCUT2D eigenvalue weighted by atomic mass is 10.1. The van der Waals surface area contributed by atoms with E-state index < -0.39 is 0 Å². The largest absolute Gasteiger partial charge is 0.497 e. The van der Waals surface area contributed by atoms with Gasteiger partial charge in [-0.15, -0.1) is 0 Å². The second-order valence-electron chi connectivity index (χ2n) is 8.16. The summed E-state index contributed by atoms with van der Waals surface area (Å²) in [6.07, 6.45) is 1.87. The first-order valence-corrected chi connectivity index (χ1v) is 11.3. The van der Waals surface area contributed by atoms with Crippen LogP contribution in [0.15, 0.2) is 59.0 Å². The van der Waals surface area contributed by atoms with E-state index in [4.69, 9.17) is 9.15 Å². The fourth-order valence-electron chi connectivity index (χ4n) is 4.02. The van der Waals surface area contributed by atoms with Gasteiger partial charge in [0.1, 0.15) is 11.5 Å². The Morgan fingerprint density at radius 3 is 2.39 bits per heavy atom. The molecule has 0 atom stereocenters. The molecule has 0 aliphatic carbocycles. The van der Waals surface area contributed by atoms with Gasteiger partial charge in [-0.25, -0.2) is 4.98 Å². The Bertz CT molecular complexity index is 1090. The van der Waals surface area contributed by atoms with Gasteiger partial charge in [-0.3, -0.25) is 9.59 Å². The van der Waals surface area contributed by atoms with E-state index in [1.807, 2.05) is 59.5 Å². The number of carbonyl (C=O) groups excluding carboxylic acids is 2. The number of amides is 2. The number of rotatable bonds is 6. The van der Waals surface area contributed by atoms with Crippen molar-refractivity contribution in [2.45, 2.75) is 26.2 Å². The van der Waals surface area contributed by atoms with Crippen LogP contribution in [0.5, 0.6) is 5.75 Å². The molecule has 0 N–H and O–H groups in total. The fourth-order valence-corrected chi connectivity index (χ4v) is 4.02. The second kappa shape index (κ2) is 10.3. The number of carbonyl (C=O) groups is 2. The molecule has 1 aliphatic rings.